The van der Waals surface area contributed by atoms with Crippen LogP contribution in [0.1, 0.15) is 37.4 Å². The Bertz CT molecular complexity index is 417. The number of aryl methyl sites for hydroxylation is 1. The second-order valence-corrected chi connectivity index (χ2v) is 5.74. The number of hydrogen-bond acceptors (Lipinski definition) is 3. The van der Waals surface area contributed by atoms with Gasteiger partial charge >= 0.3 is 0 Å². The second kappa shape index (κ2) is 4.63. The first-order chi connectivity index (χ1) is 8.71. The minimum atomic E-state index is -0.544. The molecule has 2 atom stereocenters. The number of hydrogen-bond donors (Lipinski definition) is 1. The van der Waals surface area contributed by atoms with Crippen LogP contribution in [-0.2, 0) is 12.8 Å². The molecule has 2 aliphatic rings. The van der Waals surface area contributed by atoms with Crippen molar-refractivity contribution in [1.82, 2.24) is 9.88 Å². The van der Waals surface area contributed by atoms with Crippen molar-refractivity contribution in [2.24, 2.45) is 0 Å². The topological polar surface area (TPSA) is 36.4 Å². The van der Waals surface area contributed by atoms with Gasteiger partial charge in [-0.3, -0.25) is 9.88 Å². The van der Waals surface area contributed by atoms with Crippen LogP contribution in [-0.4, -0.2) is 39.7 Å². The molecule has 0 aromatic carbocycles. The van der Waals surface area contributed by atoms with Gasteiger partial charge in [0.25, 0.3) is 0 Å². The van der Waals surface area contributed by atoms with Gasteiger partial charge in [0.15, 0.2) is 0 Å². The summed E-state index contributed by atoms with van der Waals surface area (Å²) < 4.78 is 0. The van der Waals surface area contributed by atoms with Gasteiger partial charge in [0.2, 0.25) is 0 Å². The molecule has 1 aromatic heterocycles. The predicted octanol–water partition coefficient (Wildman–Crippen LogP) is 1.79. The molecule has 3 heteroatoms. The third-order valence-electron chi connectivity index (χ3n) is 4.60. The van der Waals surface area contributed by atoms with E-state index in [1.807, 2.05) is 6.20 Å². The molecule has 0 bridgehead atoms. The van der Waals surface area contributed by atoms with Crippen molar-refractivity contribution in [3.05, 3.63) is 29.6 Å². The van der Waals surface area contributed by atoms with Crippen molar-refractivity contribution in [3.8, 4) is 0 Å². The van der Waals surface area contributed by atoms with E-state index in [2.05, 4.69) is 28.9 Å². The van der Waals surface area contributed by atoms with Crippen LogP contribution in [0.2, 0.25) is 0 Å². The van der Waals surface area contributed by atoms with Gasteiger partial charge in [-0.15, -0.1) is 0 Å². The highest BCUT2D eigenvalue weighted by Crippen LogP contribution is 2.37. The Morgan fingerprint density at radius 2 is 2.33 bits per heavy atom. The lowest BCUT2D eigenvalue weighted by Crippen LogP contribution is -2.43. The van der Waals surface area contributed by atoms with Crippen LogP contribution in [0.3, 0.4) is 0 Å². The molecule has 0 amide bonds. The Morgan fingerprint density at radius 1 is 1.44 bits per heavy atom. The quantitative estimate of drug-likeness (QED) is 0.883. The summed E-state index contributed by atoms with van der Waals surface area (Å²) in [5.41, 5.74) is 1.75. The summed E-state index contributed by atoms with van der Waals surface area (Å²) in [7, 11) is 0. The maximum absolute atomic E-state index is 10.9. The Labute approximate surface area is 109 Å². The molecular formula is C15H22N2O. The van der Waals surface area contributed by atoms with Gasteiger partial charge in [-0.1, -0.05) is 13.0 Å². The van der Waals surface area contributed by atoms with Crippen LogP contribution >= 0.6 is 0 Å². The lowest BCUT2D eigenvalue weighted by Gasteiger charge is -2.29. The van der Waals surface area contributed by atoms with Crippen LogP contribution in [0, 0.1) is 0 Å². The van der Waals surface area contributed by atoms with Crippen molar-refractivity contribution in [3.63, 3.8) is 0 Å². The maximum atomic E-state index is 10.9. The predicted molar refractivity (Wildman–Crippen MR) is 71.5 cm³/mol. The third kappa shape index (κ3) is 2.06. The number of nitrogens with zero attached hydrogens (tertiary/aromatic N) is 2. The highest BCUT2D eigenvalue weighted by Gasteiger charge is 2.47. The average Bonchev–Trinajstić information content (AvgIpc) is 2.96. The molecule has 2 aliphatic heterocycles. The van der Waals surface area contributed by atoms with E-state index in [1.165, 1.54) is 12.0 Å². The molecule has 3 nitrogen and oxygen atoms in total. The lowest BCUT2D eigenvalue weighted by molar-refractivity contribution is 0.0132. The standard InChI is InChI=1S/C15H22N2O/c1-2-12-5-6-13(16-11-12)10-15(18)7-9-17-8-3-4-14(15)17/h5-6,11,14,18H,2-4,7-10H2,1H3. The fourth-order valence-corrected chi connectivity index (χ4v) is 3.49. The number of rotatable bonds is 3. The van der Waals surface area contributed by atoms with E-state index < -0.39 is 5.60 Å². The van der Waals surface area contributed by atoms with Gasteiger partial charge in [0.05, 0.1) is 5.60 Å². The van der Waals surface area contributed by atoms with Gasteiger partial charge in [-0.2, -0.15) is 0 Å². The molecule has 1 aromatic rings. The largest absolute Gasteiger partial charge is 0.388 e. The van der Waals surface area contributed by atoms with Gasteiger partial charge in [-0.05, 0) is 43.9 Å². The SMILES string of the molecule is CCc1ccc(CC2(O)CCN3CCCC32)nc1. The van der Waals surface area contributed by atoms with Crippen LogP contribution in [0.5, 0.6) is 0 Å². The molecule has 3 rings (SSSR count). The molecule has 3 heterocycles. The first-order valence-electron chi connectivity index (χ1n) is 7.11. The molecule has 0 radical (unpaired) electrons. The van der Waals surface area contributed by atoms with Crippen LogP contribution in [0.15, 0.2) is 18.3 Å². The number of fused-ring (bicyclic) bond motifs is 1. The zero-order chi connectivity index (χ0) is 12.6. The molecule has 2 fully saturated rings. The minimum absolute atomic E-state index is 0.366. The summed E-state index contributed by atoms with van der Waals surface area (Å²) in [6.07, 6.45) is 6.94. The molecule has 0 saturated carbocycles. The molecule has 18 heavy (non-hydrogen) atoms. The number of pyridine rings is 1. The number of aliphatic hydroxyl groups is 1. The maximum Gasteiger partial charge on any atom is 0.0869 e. The Hall–Kier alpha value is -0.930. The normalized spacial score (nSPS) is 31.8. The first kappa shape index (κ1) is 12.1. The summed E-state index contributed by atoms with van der Waals surface area (Å²) in [5.74, 6) is 0. The fourth-order valence-electron chi connectivity index (χ4n) is 3.49. The Morgan fingerprint density at radius 3 is 3.06 bits per heavy atom. The van der Waals surface area contributed by atoms with E-state index >= 15 is 0 Å². The second-order valence-electron chi connectivity index (χ2n) is 5.74. The van der Waals surface area contributed by atoms with Crippen LogP contribution in [0.4, 0.5) is 0 Å². The first-order valence-corrected chi connectivity index (χ1v) is 7.11. The molecule has 98 valence electrons. The van der Waals surface area contributed by atoms with E-state index in [-0.39, 0.29) is 0 Å². The molecule has 0 spiro atoms. The average molecular weight is 246 g/mol. The van der Waals surface area contributed by atoms with Gasteiger partial charge in [-0.25, -0.2) is 0 Å². The highest BCUT2D eigenvalue weighted by atomic mass is 16.3. The third-order valence-corrected chi connectivity index (χ3v) is 4.60. The summed E-state index contributed by atoms with van der Waals surface area (Å²) in [6, 6.07) is 4.58. The van der Waals surface area contributed by atoms with Gasteiger partial charge in [0, 0.05) is 30.9 Å². The molecular weight excluding hydrogens is 224 g/mol. The summed E-state index contributed by atoms with van der Waals surface area (Å²) in [4.78, 5) is 6.94. The molecule has 2 saturated heterocycles. The van der Waals surface area contributed by atoms with Crippen molar-refractivity contribution >= 4 is 0 Å². The van der Waals surface area contributed by atoms with E-state index in [0.717, 1.165) is 38.0 Å². The van der Waals surface area contributed by atoms with Crippen LogP contribution in [0.25, 0.3) is 0 Å². The lowest BCUT2D eigenvalue weighted by atomic mass is 9.88. The van der Waals surface area contributed by atoms with Crippen LogP contribution < -0.4 is 0 Å². The fraction of sp³-hybridized carbons (Fsp3) is 0.667. The van der Waals surface area contributed by atoms with E-state index in [1.54, 1.807) is 0 Å². The molecule has 1 N–H and O–H groups in total. The Balaban J connectivity index is 1.74. The van der Waals surface area contributed by atoms with Crippen molar-refractivity contribution in [2.75, 3.05) is 13.1 Å². The Kier molecular flexibility index (Phi) is 3.12. The summed E-state index contributed by atoms with van der Waals surface area (Å²) >= 11 is 0. The zero-order valence-corrected chi connectivity index (χ0v) is 11.1. The summed E-state index contributed by atoms with van der Waals surface area (Å²) in [5, 5.41) is 10.9. The molecule has 2 unspecified atom stereocenters. The highest BCUT2D eigenvalue weighted by molar-refractivity contribution is 5.17. The van der Waals surface area contributed by atoms with Crippen molar-refractivity contribution < 1.29 is 5.11 Å². The van der Waals surface area contributed by atoms with Crippen molar-refractivity contribution in [2.45, 2.75) is 50.7 Å². The monoisotopic (exact) mass is 246 g/mol. The molecule has 0 aliphatic carbocycles. The summed E-state index contributed by atoms with van der Waals surface area (Å²) in [6.45, 7) is 4.35. The van der Waals surface area contributed by atoms with Gasteiger partial charge < -0.3 is 5.11 Å². The zero-order valence-electron chi connectivity index (χ0n) is 11.1. The minimum Gasteiger partial charge on any atom is -0.388 e. The smallest absolute Gasteiger partial charge is 0.0869 e. The van der Waals surface area contributed by atoms with E-state index in [4.69, 9.17) is 0 Å². The van der Waals surface area contributed by atoms with Gasteiger partial charge in [0.1, 0.15) is 0 Å². The number of aromatic nitrogens is 1. The van der Waals surface area contributed by atoms with E-state index in [0.29, 0.717) is 12.5 Å². The van der Waals surface area contributed by atoms with Crippen molar-refractivity contribution in [1.29, 1.82) is 0 Å². The van der Waals surface area contributed by atoms with E-state index in [9.17, 15) is 5.11 Å².